The Balaban J connectivity index is 1.86. The Kier molecular flexibility index (Phi) is 5.30. The lowest BCUT2D eigenvalue weighted by Crippen LogP contribution is -2.33. The van der Waals surface area contributed by atoms with Crippen LogP contribution in [0.2, 0.25) is 0 Å². The monoisotopic (exact) mass is 326 g/mol. The van der Waals surface area contributed by atoms with Crippen molar-refractivity contribution in [3.63, 3.8) is 0 Å². The lowest BCUT2D eigenvalue weighted by atomic mass is 9.93. The first-order valence-corrected chi connectivity index (χ1v) is 8.75. The highest BCUT2D eigenvalue weighted by molar-refractivity contribution is 5.95. The molecule has 1 unspecified atom stereocenters. The van der Waals surface area contributed by atoms with Gasteiger partial charge in [0.2, 0.25) is 0 Å². The minimum absolute atomic E-state index is 0.113. The van der Waals surface area contributed by atoms with E-state index in [0.29, 0.717) is 12.5 Å². The lowest BCUT2D eigenvalue weighted by Gasteiger charge is -2.24. The summed E-state index contributed by atoms with van der Waals surface area (Å²) in [5.41, 5.74) is 2.02. The maximum absolute atomic E-state index is 13.2. The quantitative estimate of drug-likeness (QED) is 0.887. The van der Waals surface area contributed by atoms with Gasteiger partial charge in [0.05, 0.1) is 6.54 Å². The van der Waals surface area contributed by atoms with Crippen LogP contribution in [0.15, 0.2) is 36.7 Å². The van der Waals surface area contributed by atoms with Crippen LogP contribution in [-0.4, -0.2) is 40.0 Å². The molecule has 0 aliphatic carbocycles. The SMILES string of the molecule is CCCN(Cc1nccn1C)C(=O)c1ccccc1C1CCNC1. The second kappa shape index (κ2) is 7.62. The number of benzene rings is 1. The van der Waals surface area contributed by atoms with Gasteiger partial charge in [-0.15, -0.1) is 0 Å². The molecule has 5 nitrogen and oxygen atoms in total. The molecule has 0 saturated carbocycles. The van der Waals surface area contributed by atoms with Gasteiger partial charge in [-0.2, -0.15) is 0 Å². The van der Waals surface area contributed by atoms with Crippen molar-refractivity contribution in [2.75, 3.05) is 19.6 Å². The average Bonchev–Trinajstić information content (AvgIpc) is 3.26. The van der Waals surface area contributed by atoms with Gasteiger partial charge in [0.25, 0.3) is 5.91 Å². The number of carbonyl (C=O) groups excluding carboxylic acids is 1. The maximum Gasteiger partial charge on any atom is 0.254 e. The first kappa shape index (κ1) is 16.7. The van der Waals surface area contributed by atoms with Crippen LogP contribution >= 0.6 is 0 Å². The fourth-order valence-electron chi connectivity index (χ4n) is 3.38. The van der Waals surface area contributed by atoms with Crippen molar-refractivity contribution < 1.29 is 4.79 Å². The first-order valence-electron chi connectivity index (χ1n) is 8.75. The van der Waals surface area contributed by atoms with Crippen molar-refractivity contribution in [3.05, 3.63) is 53.6 Å². The number of carbonyl (C=O) groups is 1. The molecule has 0 spiro atoms. The number of nitrogens with zero attached hydrogens (tertiary/aromatic N) is 3. The van der Waals surface area contributed by atoms with E-state index in [0.717, 1.165) is 43.9 Å². The topological polar surface area (TPSA) is 50.2 Å². The second-order valence-corrected chi connectivity index (χ2v) is 6.46. The Labute approximate surface area is 143 Å². The number of hydrogen-bond donors (Lipinski definition) is 1. The summed E-state index contributed by atoms with van der Waals surface area (Å²) < 4.78 is 1.97. The summed E-state index contributed by atoms with van der Waals surface area (Å²) in [6.07, 6.45) is 5.73. The van der Waals surface area contributed by atoms with Crippen molar-refractivity contribution >= 4 is 5.91 Å². The molecule has 3 rings (SSSR count). The van der Waals surface area contributed by atoms with Crippen LogP contribution in [0.25, 0.3) is 0 Å². The largest absolute Gasteiger partial charge is 0.337 e. The Bertz CT molecular complexity index is 688. The van der Waals surface area contributed by atoms with Crippen molar-refractivity contribution in [3.8, 4) is 0 Å². The summed E-state index contributed by atoms with van der Waals surface area (Å²) in [7, 11) is 1.97. The molecule has 1 N–H and O–H groups in total. The predicted molar refractivity (Wildman–Crippen MR) is 94.9 cm³/mol. The molecular weight excluding hydrogens is 300 g/mol. The van der Waals surface area contributed by atoms with E-state index in [1.54, 1.807) is 6.20 Å². The Hall–Kier alpha value is -2.14. The van der Waals surface area contributed by atoms with Crippen molar-refractivity contribution in [2.45, 2.75) is 32.2 Å². The van der Waals surface area contributed by atoms with Gasteiger partial charge >= 0.3 is 0 Å². The summed E-state index contributed by atoms with van der Waals surface area (Å²) in [6.45, 7) is 5.37. The number of aromatic nitrogens is 2. The van der Waals surface area contributed by atoms with Gasteiger partial charge in [0.15, 0.2) is 0 Å². The van der Waals surface area contributed by atoms with Crippen LogP contribution in [0.5, 0.6) is 0 Å². The zero-order valence-corrected chi connectivity index (χ0v) is 14.5. The molecule has 0 bridgehead atoms. The standard InChI is InChI=1S/C19H26N4O/c1-3-11-23(14-18-21-10-12-22(18)2)19(24)17-7-5-4-6-16(17)15-8-9-20-13-15/h4-7,10,12,15,20H,3,8-9,11,13-14H2,1-2H3. The molecule has 1 aromatic carbocycles. The van der Waals surface area contributed by atoms with E-state index >= 15 is 0 Å². The molecule has 1 atom stereocenters. The van der Waals surface area contributed by atoms with Crippen molar-refractivity contribution in [1.29, 1.82) is 0 Å². The third-order valence-corrected chi connectivity index (χ3v) is 4.73. The second-order valence-electron chi connectivity index (χ2n) is 6.46. The molecule has 5 heteroatoms. The molecule has 1 saturated heterocycles. The Morgan fingerprint density at radius 1 is 1.42 bits per heavy atom. The fourth-order valence-corrected chi connectivity index (χ4v) is 3.38. The average molecular weight is 326 g/mol. The third-order valence-electron chi connectivity index (χ3n) is 4.73. The molecule has 2 aromatic rings. The molecule has 2 heterocycles. The maximum atomic E-state index is 13.2. The zero-order valence-electron chi connectivity index (χ0n) is 14.5. The number of nitrogens with one attached hydrogen (secondary N) is 1. The highest BCUT2D eigenvalue weighted by atomic mass is 16.2. The fraction of sp³-hybridized carbons (Fsp3) is 0.474. The number of amides is 1. The van der Waals surface area contributed by atoms with E-state index in [2.05, 4.69) is 23.3 Å². The van der Waals surface area contributed by atoms with E-state index < -0.39 is 0 Å². The Morgan fingerprint density at radius 3 is 2.92 bits per heavy atom. The van der Waals surface area contributed by atoms with Crippen LogP contribution in [0.1, 0.15) is 47.4 Å². The van der Waals surface area contributed by atoms with E-state index in [1.807, 2.05) is 40.9 Å². The smallest absolute Gasteiger partial charge is 0.254 e. The molecule has 1 aliphatic rings. The predicted octanol–water partition coefficient (Wildman–Crippen LogP) is 2.55. The highest BCUT2D eigenvalue weighted by Crippen LogP contribution is 2.26. The highest BCUT2D eigenvalue weighted by Gasteiger charge is 2.25. The number of rotatable bonds is 6. The van der Waals surface area contributed by atoms with Crippen LogP contribution in [0, 0.1) is 0 Å². The van der Waals surface area contributed by atoms with Gasteiger partial charge in [-0.3, -0.25) is 4.79 Å². The van der Waals surface area contributed by atoms with Gasteiger partial charge < -0.3 is 14.8 Å². The summed E-state index contributed by atoms with van der Waals surface area (Å²) in [6, 6.07) is 8.07. The summed E-state index contributed by atoms with van der Waals surface area (Å²) in [5.74, 6) is 1.46. The van der Waals surface area contributed by atoms with Gasteiger partial charge in [-0.25, -0.2) is 4.98 Å². The van der Waals surface area contributed by atoms with Gasteiger partial charge in [-0.1, -0.05) is 25.1 Å². The molecule has 24 heavy (non-hydrogen) atoms. The van der Waals surface area contributed by atoms with E-state index in [-0.39, 0.29) is 5.91 Å². The van der Waals surface area contributed by atoms with E-state index in [1.165, 1.54) is 5.56 Å². The van der Waals surface area contributed by atoms with Gasteiger partial charge in [0.1, 0.15) is 5.82 Å². The summed E-state index contributed by atoms with van der Waals surface area (Å²) in [5, 5.41) is 3.40. The number of hydrogen-bond acceptors (Lipinski definition) is 3. The molecule has 0 radical (unpaired) electrons. The number of imidazole rings is 1. The minimum Gasteiger partial charge on any atom is -0.337 e. The van der Waals surface area contributed by atoms with E-state index in [9.17, 15) is 4.79 Å². The lowest BCUT2D eigenvalue weighted by molar-refractivity contribution is 0.0736. The van der Waals surface area contributed by atoms with Crippen molar-refractivity contribution in [2.24, 2.45) is 7.05 Å². The van der Waals surface area contributed by atoms with Crippen LogP contribution in [0.3, 0.4) is 0 Å². The van der Waals surface area contributed by atoms with Crippen LogP contribution in [-0.2, 0) is 13.6 Å². The molecule has 128 valence electrons. The molecule has 1 aromatic heterocycles. The zero-order chi connectivity index (χ0) is 16.9. The third kappa shape index (κ3) is 3.51. The van der Waals surface area contributed by atoms with E-state index in [4.69, 9.17) is 0 Å². The molecule has 1 aliphatic heterocycles. The normalized spacial score (nSPS) is 17.2. The Morgan fingerprint density at radius 2 is 2.25 bits per heavy atom. The van der Waals surface area contributed by atoms with Crippen LogP contribution < -0.4 is 5.32 Å². The number of aryl methyl sites for hydroxylation is 1. The minimum atomic E-state index is 0.113. The van der Waals surface area contributed by atoms with Crippen LogP contribution in [0.4, 0.5) is 0 Å². The van der Waals surface area contributed by atoms with Crippen molar-refractivity contribution in [1.82, 2.24) is 19.8 Å². The van der Waals surface area contributed by atoms with Gasteiger partial charge in [0, 0.05) is 38.1 Å². The first-order chi connectivity index (χ1) is 11.7. The van der Waals surface area contributed by atoms with Gasteiger partial charge in [-0.05, 0) is 36.9 Å². The summed E-state index contributed by atoms with van der Waals surface area (Å²) in [4.78, 5) is 19.5. The molecule has 1 fully saturated rings. The molecular formula is C19H26N4O. The molecule has 1 amide bonds. The summed E-state index contributed by atoms with van der Waals surface area (Å²) >= 11 is 0.